The van der Waals surface area contributed by atoms with Gasteiger partial charge in [0.2, 0.25) is 0 Å². The van der Waals surface area contributed by atoms with E-state index in [1.807, 2.05) is 25.3 Å². The summed E-state index contributed by atoms with van der Waals surface area (Å²) in [5.74, 6) is 0.179. The minimum absolute atomic E-state index is 0.179. The molecule has 0 fully saturated rings. The molecule has 2 nitrogen and oxygen atoms in total. The third-order valence-electron chi connectivity index (χ3n) is 2.48. The number of aliphatic hydroxyl groups excluding tert-OH is 1. The Morgan fingerprint density at radius 2 is 2.29 bits per heavy atom. The molecule has 1 atom stereocenters. The lowest BCUT2D eigenvalue weighted by atomic mass is 10.0. The minimum atomic E-state index is 0.179. The van der Waals surface area contributed by atoms with Crippen LogP contribution in [-0.4, -0.2) is 16.7 Å². The maximum absolute atomic E-state index is 9.11. The Balaban J connectivity index is 2.61. The third kappa shape index (κ3) is 1.57. The molecule has 0 saturated carbocycles. The Labute approximate surface area is 91.1 Å². The van der Waals surface area contributed by atoms with Gasteiger partial charge in [0.05, 0.1) is 0 Å². The van der Waals surface area contributed by atoms with Gasteiger partial charge in [-0.15, -0.1) is 0 Å². The molecule has 1 aromatic heterocycles. The van der Waals surface area contributed by atoms with Gasteiger partial charge in [-0.05, 0) is 23.8 Å². The first-order chi connectivity index (χ1) is 6.72. The van der Waals surface area contributed by atoms with E-state index in [-0.39, 0.29) is 12.5 Å². The quantitative estimate of drug-likeness (QED) is 0.849. The van der Waals surface area contributed by atoms with Gasteiger partial charge in [-0.25, -0.2) is 0 Å². The number of halogens is 1. The zero-order valence-corrected chi connectivity index (χ0v) is 9.51. The molecule has 0 aliphatic heterocycles. The van der Waals surface area contributed by atoms with Crippen molar-refractivity contribution in [3.05, 3.63) is 34.4 Å². The highest BCUT2D eigenvalue weighted by atomic mass is 79.9. The summed E-state index contributed by atoms with van der Waals surface area (Å²) < 4.78 is 1.07. The molecule has 1 aromatic carbocycles. The van der Waals surface area contributed by atoms with Crippen LogP contribution in [0.3, 0.4) is 0 Å². The molecule has 2 aromatic rings. The van der Waals surface area contributed by atoms with Crippen molar-refractivity contribution in [2.75, 3.05) is 6.61 Å². The fourth-order valence-electron chi connectivity index (χ4n) is 1.62. The highest BCUT2D eigenvalue weighted by molar-refractivity contribution is 9.10. The number of rotatable bonds is 2. The molecule has 0 amide bonds. The Hall–Kier alpha value is -0.800. The van der Waals surface area contributed by atoms with Crippen molar-refractivity contribution in [3.8, 4) is 0 Å². The van der Waals surface area contributed by atoms with Crippen molar-refractivity contribution >= 4 is 26.8 Å². The predicted molar refractivity (Wildman–Crippen MR) is 61.5 cm³/mol. The maximum atomic E-state index is 9.11. The van der Waals surface area contributed by atoms with Gasteiger partial charge in [-0.2, -0.15) is 0 Å². The number of nitrogens with one attached hydrogen (secondary N) is 1. The highest BCUT2D eigenvalue weighted by Gasteiger charge is 2.10. The van der Waals surface area contributed by atoms with Crippen molar-refractivity contribution in [1.29, 1.82) is 0 Å². The zero-order valence-electron chi connectivity index (χ0n) is 7.92. The number of H-pyrrole nitrogens is 1. The zero-order chi connectivity index (χ0) is 10.1. The third-order valence-corrected chi connectivity index (χ3v) is 2.97. The summed E-state index contributed by atoms with van der Waals surface area (Å²) in [5, 5.41) is 10.3. The number of aromatic amines is 1. The maximum Gasteiger partial charge on any atom is 0.0497 e. The highest BCUT2D eigenvalue weighted by Crippen LogP contribution is 2.27. The van der Waals surface area contributed by atoms with E-state index in [1.165, 1.54) is 10.9 Å². The van der Waals surface area contributed by atoms with E-state index in [4.69, 9.17) is 5.11 Å². The second-order valence-electron chi connectivity index (χ2n) is 3.52. The lowest BCUT2D eigenvalue weighted by Gasteiger charge is -2.05. The summed E-state index contributed by atoms with van der Waals surface area (Å²) in [5.41, 5.74) is 2.28. The number of hydrogen-bond donors (Lipinski definition) is 2. The van der Waals surface area contributed by atoms with Crippen LogP contribution in [0.25, 0.3) is 10.9 Å². The second kappa shape index (κ2) is 3.75. The van der Waals surface area contributed by atoms with Crippen LogP contribution in [0.15, 0.2) is 28.9 Å². The van der Waals surface area contributed by atoms with Crippen LogP contribution >= 0.6 is 15.9 Å². The first kappa shape index (κ1) is 9.74. The van der Waals surface area contributed by atoms with Crippen molar-refractivity contribution < 1.29 is 5.11 Å². The Bertz CT molecular complexity index is 449. The minimum Gasteiger partial charge on any atom is -0.396 e. The number of fused-ring (bicyclic) bond motifs is 1. The Kier molecular flexibility index (Phi) is 2.61. The Morgan fingerprint density at radius 1 is 1.50 bits per heavy atom. The topological polar surface area (TPSA) is 36.0 Å². The van der Waals surface area contributed by atoms with Crippen LogP contribution < -0.4 is 0 Å². The molecule has 2 N–H and O–H groups in total. The standard InChI is InChI=1S/C11H12BrNO/c1-7(6-14)10-5-13-11-3-2-8(12)4-9(10)11/h2-5,7,13-14H,6H2,1H3/t7-/m1/s1. The van der Waals surface area contributed by atoms with Crippen molar-refractivity contribution in [2.45, 2.75) is 12.8 Å². The fourth-order valence-corrected chi connectivity index (χ4v) is 1.98. The van der Waals surface area contributed by atoms with E-state index in [0.29, 0.717) is 0 Å². The summed E-state index contributed by atoms with van der Waals surface area (Å²) in [6, 6.07) is 6.12. The molecular weight excluding hydrogens is 242 g/mol. The average molecular weight is 254 g/mol. The van der Waals surface area contributed by atoms with Crippen LogP contribution in [0.1, 0.15) is 18.4 Å². The average Bonchev–Trinajstić information content (AvgIpc) is 2.59. The summed E-state index contributed by atoms with van der Waals surface area (Å²) in [6.07, 6.45) is 1.97. The van der Waals surface area contributed by atoms with Crippen molar-refractivity contribution in [2.24, 2.45) is 0 Å². The van der Waals surface area contributed by atoms with E-state index < -0.39 is 0 Å². The molecule has 2 rings (SSSR count). The van der Waals surface area contributed by atoms with Crippen LogP contribution in [0.5, 0.6) is 0 Å². The van der Waals surface area contributed by atoms with Gasteiger partial charge in [0.1, 0.15) is 0 Å². The SMILES string of the molecule is C[C@H](CO)c1c[nH]c2ccc(Br)cc12. The van der Waals surface area contributed by atoms with E-state index in [0.717, 1.165) is 9.99 Å². The molecule has 0 spiro atoms. The second-order valence-corrected chi connectivity index (χ2v) is 4.43. The molecule has 1 heterocycles. The molecule has 0 saturated heterocycles. The van der Waals surface area contributed by atoms with Gasteiger partial charge < -0.3 is 10.1 Å². The van der Waals surface area contributed by atoms with E-state index in [9.17, 15) is 0 Å². The van der Waals surface area contributed by atoms with E-state index in [2.05, 4.69) is 27.0 Å². The van der Waals surface area contributed by atoms with Crippen LogP contribution in [-0.2, 0) is 0 Å². The molecule has 0 aliphatic rings. The summed E-state index contributed by atoms with van der Waals surface area (Å²) >= 11 is 3.45. The summed E-state index contributed by atoms with van der Waals surface area (Å²) in [4.78, 5) is 3.20. The van der Waals surface area contributed by atoms with Crippen LogP contribution in [0.2, 0.25) is 0 Å². The lowest BCUT2D eigenvalue weighted by Crippen LogP contribution is -1.97. The monoisotopic (exact) mass is 253 g/mol. The van der Waals surface area contributed by atoms with Crippen molar-refractivity contribution in [3.63, 3.8) is 0 Å². The largest absolute Gasteiger partial charge is 0.396 e. The van der Waals surface area contributed by atoms with E-state index in [1.54, 1.807) is 0 Å². The molecule has 0 unspecified atom stereocenters. The van der Waals surface area contributed by atoms with Gasteiger partial charge in [0.25, 0.3) is 0 Å². The normalized spacial score (nSPS) is 13.4. The molecule has 74 valence electrons. The number of aromatic nitrogens is 1. The fraction of sp³-hybridized carbons (Fsp3) is 0.273. The van der Waals surface area contributed by atoms with Gasteiger partial charge in [-0.3, -0.25) is 0 Å². The van der Waals surface area contributed by atoms with Crippen molar-refractivity contribution in [1.82, 2.24) is 4.98 Å². The first-order valence-electron chi connectivity index (χ1n) is 4.59. The molecule has 0 aliphatic carbocycles. The van der Waals surface area contributed by atoms with Gasteiger partial charge >= 0.3 is 0 Å². The predicted octanol–water partition coefficient (Wildman–Crippen LogP) is 3.03. The van der Waals surface area contributed by atoms with Crippen LogP contribution in [0, 0.1) is 0 Å². The lowest BCUT2D eigenvalue weighted by molar-refractivity contribution is 0.273. The molecule has 0 radical (unpaired) electrons. The molecule has 3 heteroatoms. The van der Waals surface area contributed by atoms with Crippen LogP contribution in [0.4, 0.5) is 0 Å². The van der Waals surface area contributed by atoms with E-state index >= 15 is 0 Å². The molecular formula is C11H12BrNO. The van der Waals surface area contributed by atoms with Gasteiger partial charge in [0.15, 0.2) is 0 Å². The first-order valence-corrected chi connectivity index (χ1v) is 5.39. The Morgan fingerprint density at radius 3 is 3.00 bits per heavy atom. The number of hydrogen-bond acceptors (Lipinski definition) is 1. The smallest absolute Gasteiger partial charge is 0.0497 e. The number of benzene rings is 1. The number of aliphatic hydroxyl groups is 1. The summed E-state index contributed by atoms with van der Waals surface area (Å²) in [7, 11) is 0. The van der Waals surface area contributed by atoms with Gasteiger partial charge in [-0.1, -0.05) is 22.9 Å². The summed E-state index contributed by atoms with van der Waals surface area (Å²) in [6.45, 7) is 2.20. The molecule has 14 heavy (non-hydrogen) atoms. The molecule has 0 bridgehead atoms. The van der Waals surface area contributed by atoms with Gasteiger partial charge in [0, 0.05) is 34.1 Å².